The minimum absolute atomic E-state index is 0.0583. The van der Waals surface area contributed by atoms with Crippen LogP contribution in [0.2, 0.25) is 0 Å². The molecule has 0 aliphatic rings. The number of benzene rings is 1. The van der Waals surface area contributed by atoms with Crippen LogP contribution in [-0.4, -0.2) is 35.1 Å². The second kappa shape index (κ2) is 10.9. The second-order valence-corrected chi connectivity index (χ2v) is 8.29. The number of aromatic nitrogens is 2. The lowest BCUT2D eigenvalue weighted by atomic mass is 10.2. The molecule has 2 rings (SSSR count). The Labute approximate surface area is 168 Å². The van der Waals surface area contributed by atoms with Gasteiger partial charge in [-0.1, -0.05) is 42.5 Å². The summed E-state index contributed by atoms with van der Waals surface area (Å²) in [5.74, 6) is 2.06. The zero-order valence-corrected chi connectivity index (χ0v) is 17.7. The van der Waals surface area contributed by atoms with Gasteiger partial charge in [-0.25, -0.2) is 0 Å². The van der Waals surface area contributed by atoms with E-state index in [4.69, 9.17) is 9.47 Å². The summed E-state index contributed by atoms with van der Waals surface area (Å²) < 4.78 is 11.9. The van der Waals surface area contributed by atoms with Crippen molar-refractivity contribution in [1.29, 1.82) is 0 Å². The molecule has 0 aliphatic heterocycles. The smallest absolute Gasteiger partial charge is 0.250 e. The highest BCUT2D eigenvalue weighted by Crippen LogP contribution is 2.29. The molecule has 27 heavy (non-hydrogen) atoms. The number of anilines is 1. The van der Waals surface area contributed by atoms with E-state index >= 15 is 0 Å². The van der Waals surface area contributed by atoms with Gasteiger partial charge in [0, 0.05) is 11.8 Å². The Morgan fingerprint density at radius 3 is 2.85 bits per heavy atom. The first-order chi connectivity index (χ1) is 13.0. The summed E-state index contributed by atoms with van der Waals surface area (Å²) in [6.45, 7) is 6.07. The number of amides is 1. The maximum Gasteiger partial charge on any atom is 0.250 e. The predicted molar refractivity (Wildman–Crippen MR) is 112 cm³/mol. The number of nitrogens with one attached hydrogen (secondary N) is 1. The monoisotopic (exact) mass is 407 g/mol. The minimum Gasteiger partial charge on any atom is -0.493 e. The van der Waals surface area contributed by atoms with E-state index in [1.165, 1.54) is 17.4 Å². The Balaban J connectivity index is 1.94. The first kappa shape index (κ1) is 21.2. The van der Waals surface area contributed by atoms with Crippen LogP contribution >= 0.6 is 23.1 Å². The van der Waals surface area contributed by atoms with Gasteiger partial charge in [0.2, 0.25) is 11.0 Å². The van der Waals surface area contributed by atoms with Gasteiger partial charge in [0.25, 0.3) is 0 Å². The van der Waals surface area contributed by atoms with E-state index in [2.05, 4.69) is 22.4 Å². The van der Waals surface area contributed by atoms with Crippen LogP contribution in [0, 0.1) is 0 Å². The number of hydrogen-bond acceptors (Lipinski definition) is 7. The SMILES string of the molecule is CCCCSc1nnc(NC(=O)/C=C/c2ccc(OC(C)C)c(OC)c2)s1. The maximum atomic E-state index is 12.1. The van der Waals surface area contributed by atoms with Crippen molar-refractivity contribution >= 4 is 40.2 Å². The van der Waals surface area contributed by atoms with Crippen molar-refractivity contribution in [3.63, 3.8) is 0 Å². The van der Waals surface area contributed by atoms with Crippen molar-refractivity contribution in [2.75, 3.05) is 18.2 Å². The molecule has 1 aromatic carbocycles. The number of carbonyl (C=O) groups is 1. The molecule has 8 heteroatoms. The van der Waals surface area contributed by atoms with Crippen LogP contribution in [-0.2, 0) is 4.79 Å². The topological polar surface area (TPSA) is 73.3 Å². The van der Waals surface area contributed by atoms with Crippen molar-refractivity contribution in [3.8, 4) is 11.5 Å². The summed E-state index contributed by atoms with van der Waals surface area (Å²) in [5.41, 5.74) is 0.839. The van der Waals surface area contributed by atoms with E-state index in [0.717, 1.165) is 28.5 Å². The molecule has 0 saturated heterocycles. The molecule has 0 spiro atoms. The van der Waals surface area contributed by atoms with E-state index in [1.807, 2.05) is 32.0 Å². The van der Waals surface area contributed by atoms with Crippen molar-refractivity contribution in [3.05, 3.63) is 29.8 Å². The zero-order valence-electron chi connectivity index (χ0n) is 16.0. The highest BCUT2D eigenvalue weighted by Gasteiger charge is 2.08. The fourth-order valence-electron chi connectivity index (χ4n) is 2.08. The van der Waals surface area contributed by atoms with E-state index in [1.54, 1.807) is 24.9 Å². The number of ether oxygens (including phenoxy) is 2. The molecule has 0 radical (unpaired) electrons. The molecule has 0 fully saturated rings. The highest BCUT2D eigenvalue weighted by atomic mass is 32.2. The van der Waals surface area contributed by atoms with Gasteiger partial charge < -0.3 is 9.47 Å². The molecule has 2 aromatic rings. The number of nitrogens with zero attached hydrogens (tertiary/aromatic N) is 2. The first-order valence-electron chi connectivity index (χ1n) is 8.82. The Bertz CT molecular complexity index is 775. The maximum absolute atomic E-state index is 12.1. The van der Waals surface area contributed by atoms with Gasteiger partial charge in [-0.15, -0.1) is 10.2 Å². The average Bonchev–Trinajstić information content (AvgIpc) is 3.07. The van der Waals surface area contributed by atoms with Gasteiger partial charge in [0.05, 0.1) is 13.2 Å². The molecule has 1 heterocycles. The zero-order chi connectivity index (χ0) is 19.6. The lowest BCUT2D eigenvalue weighted by Crippen LogP contribution is -2.07. The molecule has 146 valence electrons. The number of hydrogen-bond donors (Lipinski definition) is 1. The Morgan fingerprint density at radius 1 is 1.33 bits per heavy atom. The summed E-state index contributed by atoms with van der Waals surface area (Å²) in [6, 6.07) is 5.54. The van der Waals surface area contributed by atoms with Gasteiger partial charge >= 0.3 is 0 Å². The second-order valence-electron chi connectivity index (χ2n) is 5.97. The molecule has 0 atom stereocenters. The summed E-state index contributed by atoms with van der Waals surface area (Å²) >= 11 is 3.05. The van der Waals surface area contributed by atoms with Crippen LogP contribution in [0.25, 0.3) is 6.08 Å². The number of methoxy groups -OCH3 is 1. The van der Waals surface area contributed by atoms with Gasteiger partial charge in [-0.05, 0) is 44.0 Å². The fraction of sp³-hybridized carbons (Fsp3) is 0.421. The molecule has 1 N–H and O–H groups in total. The third-order valence-electron chi connectivity index (χ3n) is 3.34. The van der Waals surface area contributed by atoms with Crippen LogP contribution in [0.1, 0.15) is 39.2 Å². The normalized spacial score (nSPS) is 11.1. The Morgan fingerprint density at radius 2 is 2.15 bits per heavy atom. The van der Waals surface area contributed by atoms with Gasteiger partial charge in [0.15, 0.2) is 15.8 Å². The first-order valence-corrected chi connectivity index (χ1v) is 10.6. The molecule has 0 saturated carbocycles. The molecular weight excluding hydrogens is 382 g/mol. The van der Waals surface area contributed by atoms with Crippen LogP contribution in [0.15, 0.2) is 28.6 Å². The highest BCUT2D eigenvalue weighted by molar-refractivity contribution is 8.01. The number of carbonyl (C=O) groups excluding carboxylic acids is 1. The van der Waals surface area contributed by atoms with E-state index in [9.17, 15) is 4.79 Å². The molecule has 0 unspecified atom stereocenters. The Kier molecular flexibility index (Phi) is 8.60. The summed E-state index contributed by atoms with van der Waals surface area (Å²) in [6.07, 6.45) is 5.52. The van der Waals surface area contributed by atoms with Crippen LogP contribution in [0.4, 0.5) is 5.13 Å². The van der Waals surface area contributed by atoms with Crippen LogP contribution < -0.4 is 14.8 Å². The van der Waals surface area contributed by atoms with Gasteiger partial charge in [-0.2, -0.15) is 0 Å². The number of thioether (sulfide) groups is 1. The Hall–Kier alpha value is -2.06. The van der Waals surface area contributed by atoms with Crippen LogP contribution in [0.3, 0.4) is 0 Å². The number of unbranched alkanes of at least 4 members (excludes halogenated alkanes) is 1. The lowest BCUT2D eigenvalue weighted by Gasteiger charge is -2.13. The molecule has 0 bridgehead atoms. The lowest BCUT2D eigenvalue weighted by molar-refractivity contribution is -0.111. The van der Waals surface area contributed by atoms with Crippen molar-refractivity contribution in [2.24, 2.45) is 0 Å². The van der Waals surface area contributed by atoms with E-state index < -0.39 is 0 Å². The van der Waals surface area contributed by atoms with Crippen LogP contribution in [0.5, 0.6) is 11.5 Å². The van der Waals surface area contributed by atoms with Gasteiger partial charge in [0.1, 0.15) is 0 Å². The van der Waals surface area contributed by atoms with Crippen molar-refractivity contribution in [1.82, 2.24) is 10.2 Å². The standard InChI is InChI=1S/C19H25N3O3S2/c1-5-6-11-26-19-22-21-18(27-19)20-17(23)10-8-14-7-9-15(25-13(2)3)16(12-14)24-4/h7-10,12-13H,5-6,11H2,1-4H3,(H,20,21,23)/b10-8+. The van der Waals surface area contributed by atoms with E-state index in [-0.39, 0.29) is 12.0 Å². The third-order valence-corrected chi connectivity index (χ3v) is 5.40. The molecule has 6 nitrogen and oxygen atoms in total. The van der Waals surface area contributed by atoms with Gasteiger partial charge in [-0.3, -0.25) is 10.1 Å². The fourth-order valence-corrected chi connectivity index (χ4v) is 3.99. The predicted octanol–water partition coefficient (Wildman–Crippen LogP) is 4.88. The third kappa shape index (κ3) is 7.22. The van der Waals surface area contributed by atoms with Crippen molar-refractivity contribution in [2.45, 2.75) is 44.1 Å². The van der Waals surface area contributed by atoms with E-state index in [0.29, 0.717) is 16.6 Å². The minimum atomic E-state index is -0.252. The summed E-state index contributed by atoms with van der Waals surface area (Å²) in [5, 5.41) is 11.3. The number of rotatable bonds is 10. The molecule has 1 amide bonds. The van der Waals surface area contributed by atoms with Crippen molar-refractivity contribution < 1.29 is 14.3 Å². The molecule has 1 aromatic heterocycles. The molecular formula is C19H25N3O3S2. The molecule has 0 aliphatic carbocycles. The quantitative estimate of drug-likeness (QED) is 0.262. The largest absolute Gasteiger partial charge is 0.493 e. The average molecular weight is 408 g/mol. The summed E-state index contributed by atoms with van der Waals surface area (Å²) in [4.78, 5) is 12.1. The summed E-state index contributed by atoms with van der Waals surface area (Å²) in [7, 11) is 1.59.